The van der Waals surface area contributed by atoms with E-state index < -0.39 is 0 Å². The lowest BCUT2D eigenvalue weighted by atomic mass is 10.00. The SMILES string of the molecule is COc1cccc(-c2cccc(-c3cnc(N)nc3NCCCN3CC=CC3)c2)c1. The number of benzene rings is 2. The number of nitrogens with two attached hydrogens (primary N) is 1. The third kappa shape index (κ3) is 4.78. The van der Waals surface area contributed by atoms with Crippen LogP contribution in [0.5, 0.6) is 5.75 Å². The molecule has 0 atom stereocenters. The summed E-state index contributed by atoms with van der Waals surface area (Å²) in [6.07, 6.45) is 7.26. The molecule has 1 aliphatic heterocycles. The van der Waals surface area contributed by atoms with Crippen LogP contribution in [0.4, 0.5) is 11.8 Å². The highest BCUT2D eigenvalue weighted by atomic mass is 16.5. The van der Waals surface area contributed by atoms with Crippen molar-refractivity contribution in [3.8, 4) is 28.0 Å². The molecule has 0 fully saturated rings. The van der Waals surface area contributed by atoms with Crippen LogP contribution in [0.25, 0.3) is 22.3 Å². The molecule has 0 saturated heterocycles. The Bertz CT molecular complexity index is 1030. The highest BCUT2D eigenvalue weighted by Crippen LogP contribution is 2.31. The monoisotopic (exact) mass is 401 g/mol. The molecule has 3 N–H and O–H groups in total. The number of hydrogen-bond acceptors (Lipinski definition) is 6. The molecule has 0 bridgehead atoms. The number of methoxy groups -OCH3 is 1. The Morgan fingerprint density at radius 3 is 2.57 bits per heavy atom. The average Bonchev–Trinajstić information content (AvgIpc) is 3.30. The number of nitrogen functional groups attached to an aromatic ring is 1. The molecule has 2 aromatic carbocycles. The summed E-state index contributed by atoms with van der Waals surface area (Å²) < 4.78 is 5.36. The number of nitrogens with zero attached hydrogens (tertiary/aromatic N) is 3. The molecule has 6 nitrogen and oxygen atoms in total. The van der Waals surface area contributed by atoms with Crippen LogP contribution in [0.15, 0.2) is 66.9 Å². The van der Waals surface area contributed by atoms with Crippen LogP contribution in [0, 0.1) is 0 Å². The summed E-state index contributed by atoms with van der Waals surface area (Å²) in [4.78, 5) is 11.1. The largest absolute Gasteiger partial charge is 0.497 e. The van der Waals surface area contributed by atoms with Gasteiger partial charge >= 0.3 is 0 Å². The first kappa shape index (κ1) is 19.9. The smallest absolute Gasteiger partial charge is 0.221 e. The van der Waals surface area contributed by atoms with E-state index in [1.165, 1.54) is 0 Å². The minimum absolute atomic E-state index is 0.272. The molecule has 0 spiro atoms. The lowest BCUT2D eigenvalue weighted by Gasteiger charge is -2.16. The van der Waals surface area contributed by atoms with Crippen LogP contribution in [0.3, 0.4) is 0 Å². The molecule has 154 valence electrons. The van der Waals surface area contributed by atoms with Gasteiger partial charge in [-0.25, -0.2) is 4.98 Å². The molecule has 6 heteroatoms. The van der Waals surface area contributed by atoms with E-state index in [-0.39, 0.29) is 5.95 Å². The molecule has 0 amide bonds. The molecule has 0 aliphatic carbocycles. The van der Waals surface area contributed by atoms with E-state index in [4.69, 9.17) is 10.5 Å². The van der Waals surface area contributed by atoms with E-state index in [1.807, 2.05) is 24.3 Å². The third-order valence-corrected chi connectivity index (χ3v) is 5.22. The minimum atomic E-state index is 0.272. The number of nitrogens with one attached hydrogen (secondary N) is 1. The highest BCUT2D eigenvalue weighted by molar-refractivity contribution is 5.79. The maximum Gasteiger partial charge on any atom is 0.221 e. The summed E-state index contributed by atoms with van der Waals surface area (Å²) in [7, 11) is 1.68. The Balaban J connectivity index is 1.53. The fraction of sp³-hybridized carbons (Fsp3) is 0.250. The molecule has 0 unspecified atom stereocenters. The molecule has 30 heavy (non-hydrogen) atoms. The van der Waals surface area contributed by atoms with E-state index >= 15 is 0 Å². The van der Waals surface area contributed by atoms with Crippen molar-refractivity contribution in [2.45, 2.75) is 6.42 Å². The van der Waals surface area contributed by atoms with Crippen LogP contribution < -0.4 is 15.8 Å². The zero-order valence-corrected chi connectivity index (χ0v) is 17.2. The molecule has 0 radical (unpaired) electrons. The number of aromatic nitrogens is 2. The summed E-state index contributed by atoms with van der Waals surface area (Å²) in [6, 6.07) is 16.4. The Morgan fingerprint density at radius 2 is 1.77 bits per heavy atom. The predicted octanol–water partition coefficient (Wildman–Crippen LogP) is 4.08. The summed E-state index contributed by atoms with van der Waals surface area (Å²) in [6.45, 7) is 3.97. The topological polar surface area (TPSA) is 76.3 Å². The second kappa shape index (κ2) is 9.41. The van der Waals surface area contributed by atoms with Gasteiger partial charge in [-0.05, 0) is 41.3 Å². The van der Waals surface area contributed by atoms with Gasteiger partial charge in [0.1, 0.15) is 11.6 Å². The Hall–Kier alpha value is -3.38. The van der Waals surface area contributed by atoms with Gasteiger partial charge in [-0.15, -0.1) is 0 Å². The zero-order valence-electron chi connectivity index (χ0n) is 17.2. The Morgan fingerprint density at radius 1 is 1.03 bits per heavy atom. The van der Waals surface area contributed by atoms with Crippen molar-refractivity contribution in [2.24, 2.45) is 0 Å². The van der Waals surface area contributed by atoms with Gasteiger partial charge in [-0.3, -0.25) is 4.90 Å². The lowest BCUT2D eigenvalue weighted by molar-refractivity contribution is 0.351. The standard InChI is InChI=1S/C24H27N5O/c1-30-21-10-5-8-19(16-21)18-7-4-9-20(15-18)22-17-27-24(25)28-23(22)26-11-6-14-29-12-2-3-13-29/h2-5,7-10,15-17H,6,11-14H2,1H3,(H3,25,26,27,28). The normalized spacial score (nSPS) is 13.5. The molecular formula is C24H27N5O. The van der Waals surface area contributed by atoms with E-state index in [0.717, 1.165) is 66.4 Å². The van der Waals surface area contributed by atoms with Crippen molar-refractivity contribution >= 4 is 11.8 Å². The van der Waals surface area contributed by atoms with Crippen LogP contribution in [-0.4, -0.2) is 48.2 Å². The van der Waals surface area contributed by atoms with Gasteiger partial charge in [0.05, 0.1) is 7.11 Å². The maximum atomic E-state index is 5.87. The summed E-state index contributed by atoms with van der Waals surface area (Å²) >= 11 is 0. The van der Waals surface area contributed by atoms with Crippen molar-refractivity contribution < 1.29 is 4.74 Å². The van der Waals surface area contributed by atoms with Crippen LogP contribution in [-0.2, 0) is 0 Å². The fourth-order valence-corrected chi connectivity index (χ4v) is 3.62. The molecule has 0 saturated carbocycles. The Labute approximate surface area is 177 Å². The van der Waals surface area contributed by atoms with Crippen LogP contribution in [0.1, 0.15) is 6.42 Å². The fourth-order valence-electron chi connectivity index (χ4n) is 3.62. The summed E-state index contributed by atoms with van der Waals surface area (Å²) in [5.41, 5.74) is 10.1. The van der Waals surface area contributed by atoms with Gasteiger partial charge in [-0.2, -0.15) is 4.98 Å². The first-order valence-corrected chi connectivity index (χ1v) is 10.2. The van der Waals surface area contributed by atoms with E-state index in [2.05, 4.69) is 56.6 Å². The van der Waals surface area contributed by atoms with Gasteiger partial charge < -0.3 is 15.8 Å². The second-order valence-corrected chi connectivity index (χ2v) is 7.31. The van der Waals surface area contributed by atoms with Crippen molar-refractivity contribution in [1.29, 1.82) is 0 Å². The van der Waals surface area contributed by atoms with Gasteiger partial charge in [0.2, 0.25) is 5.95 Å². The third-order valence-electron chi connectivity index (χ3n) is 5.22. The first-order valence-electron chi connectivity index (χ1n) is 10.2. The van der Waals surface area contributed by atoms with Crippen molar-refractivity contribution in [3.05, 3.63) is 66.9 Å². The minimum Gasteiger partial charge on any atom is -0.497 e. The molecular weight excluding hydrogens is 374 g/mol. The predicted molar refractivity (Wildman–Crippen MR) is 123 cm³/mol. The van der Waals surface area contributed by atoms with E-state index in [9.17, 15) is 0 Å². The van der Waals surface area contributed by atoms with Crippen molar-refractivity contribution in [2.75, 3.05) is 44.3 Å². The van der Waals surface area contributed by atoms with E-state index in [0.29, 0.717) is 0 Å². The molecule has 3 aromatic rings. The summed E-state index contributed by atoms with van der Waals surface area (Å²) in [5, 5.41) is 3.46. The number of ether oxygens (including phenoxy) is 1. The van der Waals surface area contributed by atoms with Crippen molar-refractivity contribution in [3.63, 3.8) is 0 Å². The number of rotatable bonds is 8. The maximum absolute atomic E-state index is 5.87. The molecule has 1 aliphatic rings. The number of hydrogen-bond donors (Lipinski definition) is 2. The van der Waals surface area contributed by atoms with Gasteiger partial charge in [0.25, 0.3) is 0 Å². The quantitative estimate of drug-likeness (QED) is 0.438. The highest BCUT2D eigenvalue weighted by Gasteiger charge is 2.11. The first-order chi connectivity index (χ1) is 14.7. The zero-order chi connectivity index (χ0) is 20.8. The van der Waals surface area contributed by atoms with Gasteiger partial charge in [0, 0.05) is 37.9 Å². The number of anilines is 2. The van der Waals surface area contributed by atoms with Crippen LogP contribution >= 0.6 is 0 Å². The van der Waals surface area contributed by atoms with Gasteiger partial charge in [-0.1, -0.05) is 42.5 Å². The average molecular weight is 402 g/mol. The molecule has 2 heterocycles. The molecule has 1 aromatic heterocycles. The van der Waals surface area contributed by atoms with Crippen LogP contribution in [0.2, 0.25) is 0 Å². The molecule has 4 rings (SSSR count). The Kier molecular flexibility index (Phi) is 6.25. The van der Waals surface area contributed by atoms with Gasteiger partial charge in [0.15, 0.2) is 0 Å². The lowest BCUT2D eigenvalue weighted by Crippen LogP contribution is -2.23. The van der Waals surface area contributed by atoms with E-state index in [1.54, 1.807) is 13.3 Å². The second-order valence-electron chi connectivity index (χ2n) is 7.31. The van der Waals surface area contributed by atoms with Crippen molar-refractivity contribution in [1.82, 2.24) is 14.9 Å². The summed E-state index contributed by atoms with van der Waals surface area (Å²) in [5.74, 6) is 1.88.